The van der Waals surface area contributed by atoms with Gasteiger partial charge in [-0.3, -0.25) is 9.59 Å². The van der Waals surface area contributed by atoms with Crippen molar-refractivity contribution in [1.29, 1.82) is 0 Å². The maximum Gasteiger partial charge on any atom is 0.257 e. The summed E-state index contributed by atoms with van der Waals surface area (Å²) in [5.41, 5.74) is 1.22. The second kappa shape index (κ2) is 6.89. The molecule has 1 aliphatic carbocycles. The third kappa shape index (κ3) is 2.80. The van der Waals surface area contributed by atoms with Gasteiger partial charge in [0.2, 0.25) is 0 Å². The third-order valence-electron chi connectivity index (χ3n) is 6.60. The van der Waals surface area contributed by atoms with Crippen LogP contribution in [0.3, 0.4) is 0 Å². The Morgan fingerprint density at radius 2 is 1.86 bits per heavy atom. The molecule has 0 radical (unpaired) electrons. The molecule has 3 saturated heterocycles. The molecule has 0 aromatic heterocycles. The Hall–Kier alpha value is -2.40. The Bertz CT molecular complexity index is 837. The summed E-state index contributed by atoms with van der Waals surface area (Å²) < 4.78 is 6.36. The van der Waals surface area contributed by atoms with E-state index in [9.17, 15) is 9.59 Å². The van der Waals surface area contributed by atoms with Gasteiger partial charge in [0.25, 0.3) is 11.8 Å². The van der Waals surface area contributed by atoms with Crippen molar-refractivity contribution in [3.05, 3.63) is 59.7 Å². The standard InChI is InChI=1S/C23H26N2O3/c26-21(18-9-5-2-6-10-18)24-15-13-23(14-16-24)22(27)25-19(11-12-20(25)28-23)17-7-3-1-4-8-17/h1,3-5,7-10,19-20H,2,6,11-16H2/t19-,20+/m0/s1. The largest absolute Gasteiger partial charge is 0.342 e. The minimum Gasteiger partial charge on any atom is -0.342 e. The zero-order valence-electron chi connectivity index (χ0n) is 16.0. The topological polar surface area (TPSA) is 49.9 Å². The number of hydrogen-bond acceptors (Lipinski definition) is 3. The Balaban J connectivity index is 1.29. The lowest BCUT2D eigenvalue weighted by molar-refractivity contribution is -0.147. The van der Waals surface area contributed by atoms with Crippen LogP contribution in [0.2, 0.25) is 0 Å². The second-order valence-electron chi connectivity index (χ2n) is 8.21. The number of amides is 2. The van der Waals surface area contributed by atoms with Crippen LogP contribution in [-0.4, -0.2) is 46.5 Å². The number of hydrogen-bond donors (Lipinski definition) is 0. The number of ether oxygens (including phenoxy) is 1. The molecule has 0 N–H and O–H groups in total. The minimum atomic E-state index is -0.744. The quantitative estimate of drug-likeness (QED) is 0.793. The number of allylic oxidation sites excluding steroid dienone is 2. The molecule has 0 bridgehead atoms. The fourth-order valence-electron chi connectivity index (χ4n) is 5.07. The highest BCUT2D eigenvalue weighted by atomic mass is 16.6. The summed E-state index contributed by atoms with van der Waals surface area (Å²) in [4.78, 5) is 30.0. The molecule has 1 aromatic carbocycles. The predicted molar refractivity (Wildman–Crippen MR) is 105 cm³/mol. The summed E-state index contributed by atoms with van der Waals surface area (Å²) >= 11 is 0. The van der Waals surface area contributed by atoms with Gasteiger partial charge >= 0.3 is 0 Å². The molecule has 2 atom stereocenters. The van der Waals surface area contributed by atoms with Crippen LogP contribution in [0.15, 0.2) is 54.1 Å². The number of likely N-dealkylation sites (tertiary alicyclic amines) is 1. The van der Waals surface area contributed by atoms with Gasteiger partial charge in [-0.15, -0.1) is 0 Å². The van der Waals surface area contributed by atoms with Crippen molar-refractivity contribution in [1.82, 2.24) is 9.80 Å². The molecular weight excluding hydrogens is 352 g/mol. The number of nitrogens with zero attached hydrogens (tertiary/aromatic N) is 2. The molecule has 5 nitrogen and oxygen atoms in total. The lowest BCUT2D eigenvalue weighted by Gasteiger charge is -2.37. The first-order valence-electron chi connectivity index (χ1n) is 10.4. The molecule has 0 unspecified atom stereocenters. The number of carbonyl (C=O) groups excluding carboxylic acids is 2. The normalized spacial score (nSPS) is 28.6. The molecule has 3 fully saturated rings. The van der Waals surface area contributed by atoms with Gasteiger partial charge in [0.05, 0.1) is 6.04 Å². The highest BCUT2D eigenvalue weighted by Crippen LogP contribution is 2.47. The van der Waals surface area contributed by atoms with E-state index in [0.717, 1.165) is 31.3 Å². The van der Waals surface area contributed by atoms with Crippen LogP contribution in [-0.2, 0) is 14.3 Å². The van der Waals surface area contributed by atoms with Crippen molar-refractivity contribution in [3.63, 3.8) is 0 Å². The Morgan fingerprint density at radius 3 is 2.57 bits per heavy atom. The average Bonchev–Trinajstić information content (AvgIpc) is 3.28. The monoisotopic (exact) mass is 378 g/mol. The molecule has 1 spiro atoms. The van der Waals surface area contributed by atoms with Gasteiger partial charge in [-0.2, -0.15) is 0 Å². The second-order valence-corrected chi connectivity index (χ2v) is 8.21. The number of carbonyl (C=O) groups is 2. The molecule has 0 saturated carbocycles. The number of benzene rings is 1. The van der Waals surface area contributed by atoms with E-state index < -0.39 is 5.60 Å². The lowest BCUT2D eigenvalue weighted by Crippen LogP contribution is -2.51. The van der Waals surface area contributed by atoms with Crippen molar-refractivity contribution in [2.45, 2.75) is 56.4 Å². The van der Waals surface area contributed by atoms with Crippen LogP contribution in [0.4, 0.5) is 0 Å². The van der Waals surface area contributed by atoms with Crippen molar-refractivity contribution < 1.29 is 14.3 Å². The fourth-order valence-corrected chi connectivity index (χ4v) is 5.07. The number of piperidine rings is 1. The van der Waals surface area contributed by atoms with Gasteiger partial charge in [-0.1, -0.05) is 48.6 Å². The van der Waals surface area contributed by atoms with Crippen LogP contribution < -0.4 is 0 Å². The number of rotatable bonds is 2. The molecule has 3 aliphatic heterocycles. The Kier molecular flexibility index (Phi) is 4.35. The Morgan fingerprint density at radius 1 is 1.07 bits per heavy atom. The summed E-state index contributed by atoms with van der Waals surface area (Å²) in [7, 11) is 0. The van der Waals surface area contributed by atoms with Crippen LogP contribution in [0.25, 0.3) is 0 Å². The molecule has 4 aliphatic rings. The van der Waals surface area contributed by atoms with Crippen molar-refractivity contribution in [3.8, 4) is 0 Å². The summed E-state index contributed by atoms with van der Waals surface area (Å²) in [5.74, 6) is 0.201. The maximum absolute atomic E-state index is 13.4. The van der Waals surface area contributed by atoms with E-state index in [1.807, 2.05) is 40.2 Å². The highest BCUT2D eigenvalue weighted by Gasteiger charge is 2.58. The molecule has 2 amide bonds. The first-order valence-corrected chi connectivity index (χ1v) is 10.4. The van der Waals surface area contributed by atoms with Crippen molar-refractivity contribution in [2.75, 3.05) is 13.1 Å². The molecule has 28 heavy (non-hydrogen) atoms. The zero-order valence-corrected chi connectivity index (χ0v) is 16.0. The Labute approximate surface area is 165 Å². The lowest BCUT2D eigenvalue weighted by atomic mass is 9.89. The van der Waals surface area contributed by atoms with Crippen molar-refractivity contribution >= 4 is 11.8 Å². The number of fused-ring (bicyclic) bond motifs is 1. The molecule has 5 rings (SSSR count). The fraction of sp³-hybridized carbons (Fsp3) is 0.478. The van der Waals surface area contributed by atoms with Crippen molar-refractivity contribution in [2.24, 2.45) is 0 Å². The van der Waals surface area contributed by atoms with Crippen LogP contribution in [0.1, 0.15) is 50.1 Å². The van der Waals surface area contributed by atoms with Gasteiger partial charge in [0, 0.05) is 31.5 Å². The zero-order chi connectivity index (χ0) is 19.1. The molecule has 146 valence electrons. The minimum absolute atomic E-state index is 0.0823. The average molecular weight is 378 g/mol. The van der Waals surface area contributed by atoms with E-state index in [0.29, 0.717) is 25.9 Å². The van der Waals surface area contributed by atoms with Crippen LogP contribution in [0.5, 0.6) is 0 Å². The first kappa shape index (κ1) is 17.7. The maximum atomic E-state index is 13.4. The van der Waals surface area contributed by atoms with Gasteiger partial charge in [-0.25, -0.2) is 0 Å². The van der Waals surface area contributed by atoms with E-state index in [-0.39, 0.29) is 24.1 Å². The van der Waals surface area contributed by atoms with E-state index in [2.05, 4.69) is 18.2 Å². The molecule has 3 heterocycles. The van der Waals surface area contributed by atoms with Gasteiger partial charge in [-0.05, 0) is 31.2 Å². The summed E-state index contributed by atoms with van der Waals surface area (Å²) in [5, 5.41) is 0. The smallest absolute Gasteiger partial charge is 0.257 e. The summed E-state index contributed by atoms with van der Waals surface area (Å²) in [6.07, 6.45) is 10.8. The highest BCUT2D eigenvalue weighted by molar-refractivity contribution is 5.97. The van der Waals surface area contributed by atoms with Gasteiger partial charge in [0.1, 0.15) is 6.23 Å². The first-order chi connectivity index (χ1) is 13.7. The van der Waals surface area contributed by atoms with E-state index in [1.54, 1.807) is 0 Å². The predicted octanol–water partition coefficient (Wildman–Crippen LogP) is 3.34. The van der Waals surface area contributed by atoms with E-state index in [4.69, 9.17) is 4.74 Å². The van der Waals surface area contributed by atoms with E-state index in [1.165, 1.54) is 5.56 Å². The molecular formula is C23H26N2O3. The SMILES string of the molecule is O=C(C1=CCCC=C1)N1CCC2(CC1)O[C@@H]1CC[C@@H](c3ccccc3)N1C2=O. The van der Waals surface area contributed by atoms with Gasteiger partial charge < -0.3 is 14.5 Å². The summed E-state index contributed by atoms with van der Waals surface area (Å²) in [6, 6.07) is 10.4. The molecule has 1 aromatic rings. The van der Waals surface area contributed by atoms with Gasteiger partial charge in [0.15, 0.2) is 5.60 Å². The van der Waals surface area contributed by atoms with Crippen LogP contribution >= 0.6 is 0 Å². The van der Waals surface area contributed by atoms with Crippen LogP contribution in [0, 0.1) is 0 Å². The summed E-state index contributed by atoms with van der Waals surface area (Å²) in [6.45, 7) is 1.15. The van der Waals surface area contributed by atoms with E-state index >= 15 is 0 Å². The third-order valence-corrected chi connectivity index (χ3v) is 6.60. The molecule has 5 heteroatoms.